The number of rotatable bonds is 4. The Labute approximate surface area is 135 Å². The standard InChI is InChI=1S/C17H19ClN4/c1-11(2)9-19-16-8-12(3)21-17-15(10-20-22(16)17)13-4-6-14(18)7-5-13/h4-8,10-11,19H,9H2,1-3H3. The van der Waals surface area contributed by atoms with Crippen molar-refractivity contribution >= 4 is 23.1 Å². The van der Waals surface area contributed by atoms with Crippen molar-refractivity contribution in [2.45, 2.75) is 20.8 Å². The van der Waals surface area contributed by atoms with Crippen LogP contribution in [0, 0.1) is 12.8 Å². The molecule has 2 heterocycles. The summed E-state index contributed by atoms with van der Waals surface area (Å²) in [7, 11) is 0. The van der Waals surface area contributed by atoms with Crippen LogP contribution in [0.4, 0.5) is 5.82 Å². The number of aryl methyl sites for hydroxylation is 1. The van der Waals surface area contributed by atoms with E-state index in [0.717, 1.165) is 39.9 Å². The van der Waals surface area contributed by atoms with Crippen LogP contribution in [0.25, 0.3) is 16.8 Å². The van der Waals surface area contributed by atoms with Crippen molar-refractivity contribution in [1.82, 2.24) is 14.6 Å². The summed E-state index contributed by atoms with van der Waals surface area (Å²) in [5.41, 5.74) is 3.89. The van der Waals surface area contributed by atoms with Crippen molar-refractivity contribution in [3.63, 3.8) is 0 Å². The van der Waals surface area contributed by atoms with Crippen molar-refractivity contribution in [2.24, 2.45) is 5.92 Å². The van der Waals surface area contributed by atoms with E-state index < -0.39 is 0 Å². The van der Waals surface area contributed by atoms with Crippen LogP contribution in [0.2, 0.25) is 5.02 Å². The van der Waals surface area contributed by atoms with E-state index in [-0.39, 0.29) is 0 Å². The zero-order valence-electron chi connectivity index (χ0n) is 13.0. The van der Waals surface area contributed by atoms with Crippen LogP contribution in [0.15, 0.2) is 36.5 Å². The number of hydrogen-bond donors (Lipinski definition) is 1. The molecule has 0 aliphatic rings. The van der Waals surface area contributed by atoms with E-state index in [2.05, 4.69) is 29.2 Å². The maximum Gasteiger partial charge on any atom is 0.165 e. The maximum atomic E-state index is 5.97. The molecule has 0 radical (unpaired) electrons. The molecular formula is C17H19ClN4. The number of benzene rings is 1. The molecular weight excluding hydrogens is 296 g/mol. The molecule has 1 aromatic carbocycles. The Morgan fingerprint density at radius 2 is 1.95 bits per heavy atom. The molecule has 3 aromatic rings. The van der Waals surface area contributed by atoms with Crippen LogP contribution in [0.1, 0.15) is 19.5 Å². The first-order chi connectivity index (χ1) is 10.5. The van der Waals surface area contributed by atoms with Gasteiger partial charge in [0.1, 0.15) is 5.82 Å². The Bertz CT molecular complexity index is 790. The van der Waals surface area contributed by atoms with Gasteiger partial charge < -0.3 is 5.32 Å². The predicted molar refractivity (Wildman–Crippen MR) is 91.5 cm³/mol. The molecule has 0 saturated heterocycles. The summed E-state index contributed by atoms with van der Waals surface area (Å²) < 4.78 is 1.86. The highest BCUT2D eigenvalue weighted by Gasteiger charge is 2.12. The molecule has 0 spiro atoms. The lowest BCUT2D eigenvalue weighted by Crippen LogP contribution is -2.12. The second kappa shape index (κ2) is 5.97. The van der Waals surface area contributed by atoms with Crippen molar-refractivity contribution in [3.8, 4) is 11.1 Å². The van der Waals surface area contributed by atoms with Gasteiger partial charge in [-0.2, -0.15) is 9.61 Å². The lowest BCUT2D eigenvalue weighted by molar-refractivity contribution is 0.683. The summed E-state index contributed by atoms with van der Waals surface area (Å²) in [6.45, 7) is 7.26. The lowest BCUT2D eigenvalue weighted by atomic mass is 10.1. The van der Waals surface area contributed by atoms with Crippen molar-refractivity contribution in [1.29, 1.82) is 0 Å². The third kappa shape index (κ3) is 2.92. The lowest BCUT2D eigenvalue weighted by Gasteiger charge is -2.11. The van der Waals surface area contributed by atoms with Gasteiger partial charge in [-0.1, -0.05) is 37.6 Å². The molecule has 0 bridgehead atoms. The number of hydrogen-bond acceptors (Lipinski definition) is 3. The number of nitrogens with one attached hydrogen (secondary N) is 1. The molecule has 0 aliphatic heterocycles. The Morgan fingerprint density at radius 3 is 2.64 bits per heavy atom. The Hall–Kier alpha value is -2.07. The molecule has 2 aromatic heterocycles. The fourth-order valence-corrected chi connectivity index (χ4v) is 2.48. The molecule has 3 rings (SSSR count). The quantitative estimate of drug-likeness (QED) is 0.774. The molecule has 5 heteroatoms. The molecule has 4 nitrogen and oxygen atoms in total. The topological polar surface area (TPSA) is 42.2 Å². The molecule has 0 atom stereocenters. The van der Waals surface area contributed by atoms with Crippen molar-refractivity contribution in [3.05, 3.63) is 47.2 Å². The molecule has 0 unspecified atom stereocenters. The first-order valence-electron chi connectivity index (χ1n) is 7.40. The predicted octanol–water partition coefficient (Wildman–Crippen LogP) is 4.43. The molecule has 0 amide bonds. The summed E-state index contributed by atoms with van der Waals surface area (Å²) in [6.07, 6.45) is 1.85. The minimum Gasteiger partial charge on any atom is -0.370 e. The van der Waals surface area contributed by atoms with Gasteiger partial charge in [0.05, 0.1) is 6.20 Å². The Kier molecular flexibility index (Phi) is 4.03. The number of fused-ring (bicyclic) bond motifs is 1. The smallest absolute Gasteiger partial charge is 0.165 e. The fraction of sp³-hybridized carbons (Fsp3) is 0.294. The molecule has 114 valence electrons. The van der Waals surface area contributed by atoms with E-state index in [0.29, 0.717) is 5.92 Å². The normalized spacial score (nSPS) is 11.3. The van der Waals surface area contributed by atoms with Gasteiger partial charge in [0.15, 0.2) is 5.65 Å². The number of halogens is 1. The van der Waals surface area contributed by atoms with Gasteiger partial charge in [0, 0.05) is 28.9 Å². The van der Waals surface area contributed by atoms with Gasteiger partial charge in [-0.15, -0.1) is 0 Å². The van der Waals surface area contributed by atoms with Gasteiger partial charge >= 0.3 is 0 Å². The minimum atomic E-state index is 0.565. The van der Waals surface area contributed by atoms with E-state index in [1.165, 1.54) is 0 Å². The average Bonchev–Trinajstić information content (AvgIpc) is 2.89. The van der Waals surface area contributed by atoms with E-state index in [9.17, 15) is 0 Å². The van der Waals surface area contributed by atoms with E-state index in [1.54, 1.807) is 0 Å². The van der Waals surface area contributed by atoms with Gasteiger partial charge in [0.25, 0.3) is 0 Å². The van der Waals surface area contributed by atoms with Crippen LogP contribution >= 0.6 is 11.6 Å². The van der Waals surface area contributed by atoms with Crippen LogP contribution in [0.5, 0.6) is 0 Å². The second-order valence-electron chi connectivity index (χ2n) is 5.86. The largest absolute Gasteiger partial charge is 0.370 e. The van der Waals surface area contributed by atoms with Gasteiger partial charge in [-0.25, -0.2) is 4.98 Å². The van der Waals surface area contributed by atoms with Crippen molar-refractivity contribution < 1.29 is 0 Å². The highest BCUT2D eigenvalue weighted by molar-refractivity contribution is 6.30. The first-order valence-corrected chi connectivity index (χ1v) is 7.77. The van der Waals surface area contributed by atoms with Gasteiger partial charge in [-0.3, -0.25) is 0 Å². The third-order valence-corrected chi connectivity index (χ3v) is 3.70. The maximum absolute atomic E-state index is 5.97. The van der Waals surface area contributed by atoms with Crippen molar-refractivity contribution in [2.75, 3.05) is 11.9 Å². The number of aromatic nitrogens is 3. The van der Waals surface area contributed by atoms with Gasteiger partial charge in [-0.05, 0) is 30.5 Å². The molecule has 0 saturated carbocycles. The molecule has 22 heavy (non-hydrogen) atoms. The summed E-state index contributed by atoms with van der Waals surface area (Å²) >= 11 is 5.97. The summed E-state index contributed by atoms with van der Waals surface area (Å²) in [6, 6.07) is 9.77. The van der Waals surface area contributed by atoms with Gasteiger partial charge in [0.2, 0.25) is 0 Å². The minimum absolute atomic E-state index is 0.565. The summed E-state index contributed by atoms with van der Waals surface area (Å²) in [5.74, 6) is 1.53. The fourth-order valence-electron chi connectivity index (χ4n) is 2.35. The Balaban J connectivity index is 2.08. The monoisotopic (exact) mass is 314 g/mol. The Morgan fingerprint density at radius 1 is 1.23 bits per heavy atom. The van der Waals surface area contributed by atoms with Crippen LogP contribution in [0.3, 0.4) is 0 Å². The van der Waals surface area contributed by atoms with Crippen LogP contribution < -0.4 is 5.32 Å². The molecule has 0 aliphatic carbocycles. The van der Waals surface area contributed by atoms with E-state index >= 15 is 0 Å². The highest BCUT2D eigenvalue weighted by atomic mass is 35.5. The second-order valence-corrected chi connectivity index (χ2v) is 6.29. The third-order valence-electron chi connectivity index (χ3n) is 3.45. The number of nitrogens with zero attached hydrogens (tertiary/aromatic N) is 3. The zero-order valence-corrected chi connectivity index (χ0v) is 13.7. The average molecular weight is 315 g/mol. The number of anilines is 1. The van der Waals surface area contributed by atoms with E-state index in [4.69, 9.17) is 11.6 Å². The SMILES string of the molecule is Cc1cc(NCC(C)C)n2ncc(-c3ccc(Cl)cc3)c2n1. The van der Waals surface area contributed by atoms with Crippen LogP contribution in [-0.2, 0) is 0 Å². The summed E-state index contributed by atoms with van der Waals surface area (Å²) in [4.78, 5) is 4.65. The van der Waals surface area contributed by atoms with Crippen LogP contribution in [-0.4, -0.2) is 21.1 Å². The first kappa shape index (κ1) is 14.9. The molecule has 1 N–H and O–H groups in total. The van der Waals surface area contributed by atoms with E-state index in [1.807, 2.05) is 48.0 Å². The summed E-state index contributed by atoms with van der Waals surface area (Å²) in [5, 5.41) is 8.66. The molecule has 0 fully saturated rings. The highest BCUT2D eigenvalue weighted by Crippen LogP contribution is 2.26. The zero-order chi connectivity index (χ0) is 15.7.